The van der Waals surface area contributed by atoms with Gasteiger partial charge in [-0.15, -0.1) is 0 Å². The van der Waals surface area contributed by atoms with Crippen molar-refractivity contribution in [2.45, 2.75) is 38.3 Å². The molecule has 1 saturated heterocycles. The van der Waals surface area contributed by atoms with Gasteiger partial charge in [-0.2, -0.15) is 0 Å². The summed E-state index contributed by atoms with van der Waals surface area (Å²) in [4.78, 5) is 2.55. The smallest absolute Gasteiger partial charge is 0.0331 e. The summed E-state index contributed by atoms with van der Waals surface area (Å²) in [5.74, 6) is 0. The van der Waals surface area contributed by atoms with E-state index in [2.05, 4.69) is 47.5 Å². The van der Waals surface area contributed by atoms with Crippen molar-refractivity contribution in [3.63, 3.8) is 0 Å². The number of hydrogen-bond acceptors (Lipinski definition) is 3. The van der Waals surface area contributed by atoms with Crippen LogP contribution in [0.25, 0.3) is 0 Å². The van der Waals surface area contributed by atoms with Crippen LogP contribution in [0.3, 0.4) is 0 Å². The highest BCUT2D eigenvalue weighted by atomic mass is 15.2. The van der Waals surface area contributed by atoms with E-state index in [0.29, 0.717) is 0 Å². The van der Waals surface area contributed by atoms with Crippen LogP contribution in [0, 0.1) is 0 Å². The fourth-order valence-electron chi connectivity index (χ4n) is 2.86. The molecular weight excluding hydrogens is 234 g/mol. The predicted octanol–water partition coefficient (Wildman–Crippen LogP) is 1.98. The van der Waals surface area contributed by atoms with Gasteiger partial charge in [0.1, 0.15) is 0 Å². The van der Waals surface area contributed by atoms with Crippen molar-refractivity contribution in [3.8, 4) is 0 Å². The molecule has 0 spiro atoms. The van der Waals surface area contributed by atoms with Crippen molar-refractivity contribution in [1.29, 1.82) is 0 Å². The molecule has 1 fully saturated rings. The van der Waals surface area contributed by atoms with Gasteiger partial charge in [0.2, 0.25) is 0 Å². The summed E-state index contributed by atoms with van der Waals surface area (Å²) in [6.45, 7) is 7.48. The molecule has 3 heteroatoms. The molecule has 3 nitrogen and oxygen atoms in total. The van der Waals surface area contributed by atoms with Crippen LogP contribution in [0.1, 0.15) is 31.7 Å². The molecule has 0 unspecified atom stereocenters. The van der Waals surface area contributed by atoms with Gasteiger partial charge in [0.15, 0.2) is 0 Å². The molecule has 1 aliphatic heterocycles. The zero-order valence-corrected chi connectivity index (χ0v) is 12.1. The third-order valence-corrected chi connectivity index (χ3v) is 4.25. The van der Waals surface area contributed by atoms with E-state index < -0.39 is 0 Å². The quantitative estimate of drug-likeness (QED) is 0.823. The number of likely N-dealkylation sites (tertiary alicyclic amines) is 1. The lowest BCUT2D eigenvalue weighted by Crippen LogP contribution is -2.57. The van der Waals surface area contributed by atoms with E-state index in [1.54, 1.807) is 0 Å². The zero-order chi connectivity index (χ0) is 13.6. The van der Waals surface area contributed by atoms with Crippen LogP contribution in [0.4, 0.5) is 0 Å². The molecule has 1 aromatic carbocycles. The first-order valence-electron chi connectivity index (χ1n) is 7.49. The molecule has 3 N–H and O–H groups in total. The molecule has 0 amide bonds. The van der Waals surface area contributed by atoms with Crippen molar-refractivity contribution in [2.75, 3.05) is 26.2 Å². The summed E-state index contributed by atoms with van der Waals surface area (Å²) in [6, 6.07) is 10.6. The van der Waals surface area contributed by atoms with Gasteiger partial charge in [-0.05, 0) is 44.5 Å². The molecule has 0 radical (unpaired) electrons. The third-order valence-electron chi connectivity index (χ3n) is 4.25. The van der Waals surface area contributed by atoms with Gasteiger partial charge in [-0.1, -0.05) is 37.3 Å². The number of benzene rings is 1. The molecule has 0 saturated carbocycles. The van der Waals surface area contributed by atoms with E-state index >= 15 is 0 Å². The first-order chi connectivity index (χ1) is 9.28. The summed E-state index contributed by atoms with van der Waals surface area (Å²) >= 11 is 0. The Balaban J connectivity index is 1.86. The normalized spacial score (nSPS) is 19.5. The number of piperidine rings is 1. The molecule has 19 heavy (non-hydrogen) atoms. The fourth-order valence-corrected chi connectivity index (χ4v) is 2.86. The maximum atomic E-state index is 6.04. The Labute approximate surface area is 117 Å². The topological polar surface area (TPSA) is 41.3 Å². The molecule has 2 rings (SSSR count). The predicted molar refractivity (Wildman–Crippen MR) is 81.0 cm³/mol. The lowest BCUT2D eigenvalue weighted by Gasteiger charge is -2.42. The molecule has 1 aliphatic rings. The van der Waals surface area contributed by atoms with E-state index in [4.69, 9.17) is 5.73 Å². The van der Waals surface area contributed by atoms with Gasteiger partial charge in [0.25, 0.3) is 0 Å². The van der Waals surface area contributed by atoms with Gasteiger partial charge in [0, 0.05) is 18.6 Å². The van der Waals surface area contributed by atoms with Gasteiger partial charge < -0.3 is 16.0 Å². The second-order valence-corrected chi connectivity index (χ2v) is 5.67. The molecule has 0 bridgehead atoms. The van der Waals surface area contributed by atoms with E-state index in [1.807, 2.05) is 0 Å². The van der Waals surface area contributed by atoms with Crippen molar-refractivity contribution in [2.24, 2.45) is 5.73 Å². The molecule has 106 valence electrons. The van der Waals surface area contributed by atoms with Crippen LogP contribution >= 0.6 is 0 Å². The van der Waals surface area contributed by atoms with Crippen LogP contribution < -0.4 is 11.1 Å². The summed E-state index contributed by atoms with van der Waals surface area (Å²) in [5.41, 5.74) is 7.52. The first kappa shape index (κ1) is 14.5. The van der Waals surface area contributed by atoms with Crippen molar-refractivity contribution >= 4 is 0 Å². The fraction of sp³-hybridized carbons (Fsp3) is 0.625. The minimum absolute atomic E-state index is 0.139. The Kier molecular flexibility index (Phi) is 5.37. The largest absolute Gasteiger partial charge is 0.329 e. The average molecular weight is 261 g/mol. The second kappa shape index (κ2) is 7.04. The van der Waals surface area contributed by atoms with E-state index in [1.165, 1.54) is 31.6 Å². The molecule has 0 atom stereocenters. The Morgan fingerprint density at radius 1 is 1.21 bits per heavy atom. The van der Waals surface area contributed by atoms with Crippen LogP contribution in [-0.2, 0) is 6.54 Å². The summed E-state index contributed by atoms with van der Waals surface area (Å²) in [6.07, 6.45) is 3.57. The second-order valence-electron chi connectivity index (χ2n) is 5.67. The van der Waals surface area contributed by atoms with Crippen molar-refractivity contribution < 1.29 is 0 Å². The maximum Gasteiger partial charge on any atom is 0.0331 e. The first-order valence-corrected chi connectivity index (χ1v) is 7.49. The minimum atomic E-state index is 0.139. The number of nitrogens with one attached hydrogen (secondary N) is 1. The Morgan fingerprint density at radius 2 is 1.89 bits per heavy atom. The number of nitrogens with zero attached hydrogens (tertiary/aromatic N) is 1. The summed E-state index contributed by atoms with van der Waals surface area (Å²) < 4.78 is 0. The molecular formula is C16H27N3. The van der Waals surface area contributed by atoms with Gasteiger partial charge >= 0.3 is 0 Å². The van der Waals surface area contributed by atoms with E-state index in [-0.39, 0.29) is 5.54 Å². The van der Waals surface area contributed by atoms with Gasteiger partial charge in [-0.25, -0.2) is 0 Å². The summed E-state index contributed by atoms with van der Waals surface area (Å²) in [7, 11) is 0. The van der Waals surface area contributed by atoms with E-state index in [9.17, 15) is 0 Å². The number of hydrogen-bond donors (Lipinski definition) is 2. The van der Waals surface area contributed by atoms with E-state index in [0.717, 1.165) is 25.9 Å². The highest BCUT2D eigenvalue weighted by Crippen LogP contribution is 2.22. The molecule has 1 aromatic rings. The minimum Gasteiger partial charge on any atom is -0.329 e. The van der Waals surface area contributed by atoms with Crippen LogP contribution in [0.2, 0.25) is 0 Å². The number of rotatable bonds is 6. The standard InChI is InChI=1S/C16H27N3/c1-2-10-19-11-8-16(14-17,9-12-19)18-13-15-6-4-3-5-7-15/h3-7,18H,2,8-14,17H2,1H3. The molecule has 0 aliphatic carbocycles. The molecule has 0 aromatic heterocycles. The maximum absolute atomic E-state index is 6.04. The number of nitrogens with two attached hydrogens (primary N) is 1. The van der Waals surface area contributed by atoms with Gasteiger partial charge in [0.05, 0.1) is 0 Å². The van der Waals surface area contributed by atoms with Crippen LogP contribution in [0.5, 0.6) is 0 Å². The Morgan fingerprint density at radius 3 is 2.47 bits per heavy atom. The molecule has 1 heterocycles. The van der Waals surface area contributed by atoms with Crippen LogP contribution in [-0.4, -0.2) is 36.6 Å². The monoisotopic (exact) mass is 261 g/mol. The lowest BCUT2D eigenvalue weighted by atomic mass is 9.87. The van der Waals surface area contributed by atoms with Crippen molar-refractivity contribution in [3.05, 3.63) is 35.9 Å². The highest BCUT2D eigenvalue weighted by molar-refractivity contribution is 5.15. The van der Waals surface area contributed by atoms with Crippen LogP contribution in [0.15, 0.2) is 30.3 Å². The van der Waals surface area contributed by atoms with Gasteiger partial charge in [-0.3, -0.25) is 0 Å². The zero-order valence-electron chi connectivity index (χ0n) is 12.1. The van der Waals surface area contributed by atoms with Crippen molar-refractivity contribution in [1.82, 2.24) is 10.2 Å². The lowest BCUT2D eigenvalue weighted by molar-refractivity contribution is 0.138. The Hall–Kier alpha value is -0.900. The SMILES string of the molecule is CCCN1CCC(CN)(NCc2ccccc2)CC1. The average Bonchev–Trinajstić information content (AvgIpc) is 2.48. The third kappa shape index (κ3) is 4.03. The Bertz CT molecular complexity index is 356. The summed E-state index contributed by atoms with van der Waals surface area (Å²) in [5, 5.41) is 3.71. The highest BCUT2D eigenvalue weighted by Gasteiger charge is 2.32.